The SMILES string of the molecule is Nc1c(CC2CCCCC2)ncn1C1CC1. The van der Waals surface area contributed by atoms with Gasteiger partial charge in [0.1, 0.15) is 5.82 Å². The number of anilines is 1. The maximum absolute atomic E-state index is 6.16. The molecule has 1 aromatic rings. The molecule has 2 N–H and O–H groups in total. The topological polar surface area (TPSA) is 43.8 Å². The van der Waals surface area contributed by atoms with E-state index in [4.69, 9.17) is 5.73 Å². The highest BCUT2D eigenvalue weighted by Gasteiger charge is 2.27. The fraction of sp³-hybridized carbons (Fsp3) is 0.769. The summed E-state index contributed by atoms with van der Waals surface area (Å²) in [6.45, 7) is 0. The van der Waals surface area contributed by atoms with Crippen molar-refractivity contribution in [3.05, 3.63) is 12.0 Å². The highest BCUT2D eigenvalue weighted by Crippen LogP contribution is 2.38. The van der Waals surface area contributed by atoms with Crippen LogP contribution in [0.2, 0.25) is 0 Å². The standard InChI is InChI=1S/C13H21N3/c14-13-12(8-10-4-2-1-3-5-10)15-9-16(13)11-6-7-11/h9-11H,1-8,14H2. The molecule has 3 nitrogen and oxygen atoms in total. The van der Waals surface area contributed by atoms with Crippen LogP contribution in [0.4, 0.5) is 5.82 Å². The van der Waals surface area contributed by atoms with Gasteiger partial charge < -0.3 is 10.3 Å². The summed E-state index contributed by atoms with van der Waals surface area (Å²) in [6.07, 6.45) is 12.6. The van der Waals surface area contributed by atoms with Gasteiger partial charge in [-0.25, -0.2) is 4.98 Å². The van der Waals surface area contributed by atoms with Crippen LogP contribution in [0.25, 0.3) is 0 Å². The van der Waals surface area contributed by atoms with E-state index in [9.17, 15) is 0 Å². The molecule has 0 aromatic carbocycles. The van der Waals surface area contributed by atoms with Crippen LogP contribution in [-0.2, 0) is 6.42 Å². The summed E-state index contributed by atoms with van der Waals surface area (Å²) in [6, 6.07) is 0.660. The lowest BCUT2D eigenvalue weighted by Gasteiger charge is -2.20. The normalized spacial score (nSPS) is 22.5. The largest absolute Gasteiger partial charge is 0.384 e. The van der Waals surface area contributed by atoms with Crippen LogP contribution in [0.3, 0.4) is 0 Å². The van der Waals surface area contributed by atoms with E-state index >= 15 is 0 Å². The van der Waals surface area contributed by atoms with Gasteiger partial charge in [0, 0.05) is 6.04 Å². The molecule has 88 valence electrons. The summed E-state index contributed by atoms with van der Waals surface area (Å²) < 4.78 is 2.18. The Balaban J connectivity index is 1.68. The van der Waals surface area contributed by atoms with Crippen LogP contribution in [0.1, 0.15) is 56.7 Å². The molecule has 0 atom stereocenters. The lowest BCUT2D eigenvalue weighted by atomic mass is 9.86. The first kappa shape index (κ1) is 10.2. The summed E-state index contributed by atoms with van der Waals surface area (Å²) in [5.41, 5.74) is 7.31. The van der Waals surface area contributed by atoms with Gasteiger partial charge in [0.15, 0.2) is 0 Å². The molecule has 0 spiro atoms. The minimum absolute atomic E-state index is 0.660. The fourth-order valence-electron chi connectivity index (χ4n) is 2.87. The van der Waals surface area contributed by atoms with Gasteiger partial charge in [-0.2, -0.15) is 0 Å². The molecule has 3 heteroatoms. The van der Waals surface area contributed by atoms with E-state index in [1.54, 1.807) is 0 Å². The minimum Gasteiger partial charge on any atom is -0.384 e. The highest BCUT2D eigenvalue weighted by molar-refractivity contribution is 5.37. The van der Waals surface area contributed by atoms with Gasteiger partial charge in [-0.15, -0.1) is 0 Å². The van der Waals surface area contributed by atoms with Crippen molar-refractivity contribution in [2.45, 2.75) is 57.4 Å². The van der Waals surface area contributed by atoms with Crippen molar-refractivity contribution in [3.63, 3.8) is 0 Å². The molecular formula is C13H21N3. The Hall–Kier alpha value is -0.990. The average molecular weight is 219 g/mol. The zero-order chi connectivity index (χ0) is 11.0. The summed E-state index contributed by atoms with van der Waals surface area (Å²) in [4.78, 5) is 4.51. The van der Waals surface area contributed by atoms with Crippen LogP contribution in [0, 0.1) is 5.92 Å². The zero-order valence-corrected chi connectivity index (χ0v) is 9.86. The molecule has 0 amide bonds. The van der Waals surface area contributed by atoms with Gasteiger partial charge in [0.2, 0.25) is 0 Å². The molecule has 0 aliphatic heterocycles. The number of nitrogen functional groups attached to an aromatic ring is 1. The van der Waals surface area contributed by atoms with Crippen LogP contribution in [0.5, 0.6) is 0 Å². The fourth-order valence-corrected chi connectivity index (χ4v) is 2.87. The second-order valence-electron chi connectivity index (χ2n) is 5.42. The zero-order valence-electron chi connectivity index (χ0n) is 9.86. The van der Waals surface area contributed by atoms with E-state index in [2.05, 4.69) is 9.55 Å². The third-order valence-corrected chi connectivity index (χ3v) is 4.06. The molecule has 0 bridgehead atoms. The van der Waals surface area contributed by atoms with Gasteiger partial charge in [-0.3, -0.25) is 0 Å². The molecule has 2 aliphatic rings. The summed E-state index contributed by atoms with van der Waals surface area (Å²) in [5.74, 6) is 1.77. The van der Waals surface area contributed by atoms with Gasteiger partial charge >= 0.3 is 0 Å². The lowest BCUT2D eigenvalue weighted by molar-refractivity contribution is 0.355. The number of hydrogen-bond donors (Lipinski definition) is 1. The predicted molar refractivity (Wildman–Crippen MR) is 65.2 cm³/mol. The Bertz CT molecular complexity index is 359. The molecule has 1 heterocycles. The van der Waals surface area contributed by atoms with E-state index in [1.807, 2.05) is 6.33 Å². The second kappa shape index (κ2) is 4.11. The van der Waals surface area contributed by atoms with E-state index < -0.39 is 0 Å². The molecule has 16 heavy (non-hydrogen) atoms. The van der Waals surface area contributed by atoms with Gasteiger partial charge in [-0.1, -0.05) is 32.1 Å². The Morgan fingerprint density at radius 2 is 1.94 bits per heavy atom. The number of aromatic nitrogens is 2. The van der Waals surface area contributed by atoms with Crippen molar-refractivity contribution in [2.24, 2.45) is 5.92 Å². The quantitative estimate of drug-likeness (QED) is 0.849. The first-order valence-corrected chi connectivity index (χ1v) is 6.66. The van der Waals surface area contributed by atoms with E-state index in [0.29, 0.717) is 6.04 Å². The number of hydrogen-bond acceptors (Lipinski definition) is 2. The summed E-state index contributed by atoms with van der Waals surface area (Å²) in [5, 5.41) is 0. The molecule has 2 aliphatic carbocycles. The number of imidazole rings is 1. The Morgan fingerprint density at radius 1 is 1.19 bits per heavy atom. The second-order valence-corrected chi connectivity index (χ2v) is 5.42. The van der Waals surface area contributed by atoms with Crippen molar-refractivity contribution in [2.75, 3.05) is 5.73 Å². The molecule has 0 unspecified atom stereocenters. The molecule has 3 rings (SSSR count). The van der Waals surface area contributed by atoms with E-state index in [1.165, 1.54) is 44.9 Å². The van der Waals surface area contributed by atoms with Crippen LogP contribution in [0.15, 0.2) is 6.33 Å². The van der Waals surface area contributed by atoms with Crippen molar-refractivity contribution >= 4 is 5.82 Å². The Morgan fingerprint density at radius 3 is 2.62 bits per heavy atom. The molecule has 2 fully saturated rings. The van der Waals surface area contributed by atoms with Crippen molar-refractivity contribution in [3.8, 4) is 0 Å². The maximum Gasteiger partial charge on any atom is 0.126 e. The molecule has 1 aromatic heterocycles. The third kappa shape index (κ3) is 1.95. The van der Waals surface area contributed by atoms with Crippen molar-refractivity contribution < 1.29 is 0 Å². The predicted octanol–water partition coefficient (Wildman–Crippen LogP) is 2.92. The lowest BCUT2D eigenvalue weighted by Crippen LogP contribution is -2.11. The number of nitrogens with two attached hydrogens (primary N) is 1. The summed E-state index contributed by atoms with van der Waals surface area (Å²) in [7, 11) is 0. The third-order valence-electron chi connectivity index (χ3n) is 4.06. The van der Waals surface area contributed by atoms with Crippen LogP contribution >= 0.6 is 0 Å². The van der Waals surface area contributed by atoms with Crippen molar-refractivity contribution in [1.29, 1.82) is 0 Å². The van der Waals surface area contributed by atoms with Gasteiger partial charge in [0.05, 0.1) is 12.0 Å². The Labute approximate surface area is 97.0 Å². The monoisotopic (exact) mass is 219 g/mol. The Kier molecular flexibility index (Phi) is 2.62. The minimum atomic E-state index is 0.660. The number of nitrogens with zero attached hydrogens (tertiary/aromatic N) is 2. The molecule has 0 radical (unpaired) electrons. The van der Waals surface area contributed by atoms with Gasteiger partial charge in [0.25, 0.3) is 0 Å². The molecule has 2 saturated carbocycles. The molecule has 0 saturated heterocycles. The van der Waals surface area contributed by atoms with Gasteiger partial charge in [-0.05, 0) is 25.2 Å². The van der Waals surface area contributed by atoms with Crippen molar-refractivity contribution in [1.82, 2.24) is 9.55 Å². The highest BCUT2D eigenvalue weighted by atomic mass is 15.2. The van der Waals surface area contributed by atoms with E-state index in [-0.39, 0.29) is 0 Å². The van der Waals surface area contributed by atoms with E-state index in [0.717, 1.165) is 23.9 Å². The van der Waals surface area contributed by atoms with Crippen LogP contribution in [-0.4, -0.2) is 9.55 Å². The summed E-state index contributed by atoms with van der Waals surface area (Å²) >= 11 is 0. The maximum atomic E-state index is 6.16. The first-order valence-electron chi connectivity index (χ1n) is 6.66. The molecular weight excluding hydrogens is 198 g/mol. The van der Waals surface area contributed by atoms with Crippen LogP contribution < -0.4 is 5.73 Å². The number of rotatable bonds is 3. The first-order chi connectivity index (χ1) is 7.84. The average Bonchev–Trinajstić information content (AvgIpc) is 3.08. The smallest absolute Gasteiger partial charge is 0.126 e.